The molecule has 33 heavy (non-hydrogen) atoms. The molecule has 4 aromatic rings. The third kappa shape index (κ3) is 4.52. The van der Waals surface area contributed by atoms with Gasteiger partial charge in [-0.05, 0) is 30.3 Å². The largest absolute Gasteiger partial charge is 0.497 e. The van der Waals surface area contributed by atoms with Gasteiger partial charge in [0.05, 0.1) is 45.2 Å². The van der Waals surface area contributed by atoms with Crippen molar-refractivity contribution >= 4 is 22.5 Å². The summed E-state index contributed by atoms with van der Waals surface area (Å²) in [6.07, 6.45) is 0. The molecule has 0 aliphatic carbocycles. The van der Waals surface area contributed by atoms with E-state index in [1.807, 2.05) is 42.5 Å². The van der Waals surface area contributed by atoms with Crippen LogP contribution in [0.3, 0.4) is 0 Å². The van der Waals surface area contributed by atoms with E-state index < -0.39 is 0 Å². The maximum Gasteiger partial charge on any atom is 0.256 e. The fraction of sp³-hybridized carbons (Fsp3) is 0.154. The van der Waals surface area contributed by atoms with Crippen LogP contribution in [0.1, 0.15) is 10.4 Å². The van der Waals surface area contributed by atoms with Crippen molar-refractivity contribution in [1.82, 2.24) is 4.98 Å². The van der Waals surface area contributed by atoms with Gasteiger partial charge in [-0.3, -0.25) is 4.79 Å². The zero-order valence-electron chi connectivity index (χ0n) is 18.8. The van der Waals surface area contributed by atoms with Crippen LogP contribution in [0.5, 0.6) is 23.0 Å². The van der Waals surface area contributed by atoms with Gasteiger partial charge in [-0.15, -0.1) is 0 Å². The maximum atomic E-state index is 13.4. The summed E-state index contributed by atoms with van der Waals surface area (Å²) in [5.41, 5.74) is 3.20. The number of fused-ring (bicyclic) bond motifs is 1. The SMILES string of the molecule is COc1cc(NC(=O)c2cc(-c3ccc(OC)c(OC)c3)nc3ccccc23)cc(OC)c1. The Balaban J connectivity index is 1.79. The average Bonchev–Trinajstić information content (AvgIpc) is 2.87. The van der Waals surface area contributed by atoms with Crippen molar-refractivity contribution in [3.05, 3.63) is 72.3 Å². The van der Waals surface area contributed by atoms with E-state index in [0.29, 0.717) is 45.5 Å². The summed E-state index contributed by atoms with van der Waals surface area (Å²) in [6, 6.07) is 20.0. The number of rotatable bonds is 7. The number of benzene rings is 3. The molecule has 0 saturated carbocycles. The first-order valence-corrected chi connectivity index (χ1v) is 10.2. The van der Waals surface area contributed by atoms with E-state index >= 15 is 0 Å². The predicted molar refractivity (Wildman–Crippen MR) is 128 cm³/mol. The van der Waals surface area contributed by atoms with Gasteiger partial charge in [0.2, 0.25) is 0 Å². The molecule has 0 bridgehead atoms. The Kier molecular flexibility index (Phi) is 6.31. The fourth-order valence-electron chi connectivity index (χ4n) is 3.58. The Morgan fingerprint density at radius 1 is 0.758 bits per heavy atom. The number of hydrogen-bond acceptors (Lipinski definition) is 6. The molecule has 4 rings (SSSR count). The highest BCUT2D eigenvalue weighted by Gasteiger charge is 2.16. The molecule has 0 fully saturated rings. The quantitative estimate of drug-likeness (QED) is 0.423. The smallest absolute Gasteiger partial charge is 0.256 e. The first kappa shape index (κ1) is 22.0. The van der Waals surface area contributed by atoms with Gasteiger partial charge in [-0.1, -0.05) is 18.2 Å². The summed E-state index contributed by atoms with van der Waals surface area (Å²) in [4.78, 5) is 18.1. The number of para-hydroxylation sites is 1. The molecule has 7 nitrogen and oxygen atoms in total. The molecule has 3 aromatic carbocycles. The highest BCUT2D eigenvalue weighted by Crippen LogP contribution is 2.33. The van der Waals surface area contributed by atoms with Crippen LogP contribution in [-0.4, -0.2) is 39.3 Å². The summed E-state index contributed by atoms with van der Waals surface area (Å²) in [6.45, 7) is 0. The van der Waals surface area contributed by atoms with E-state index in [1.165, 1.54) is 0 Å². The van der Waals surface area contributed by atoms with Crippen LogP contribution in [0.15, 0.2) is 66.7 Å². The van der Waals surface area contributed by atoms with Crippen LogP contribution >= 0.6 is 0 Å². The number of nitrogens with one attached hydrogen (secondary N) is 1. The number of methoxy groups -OCH3 is 4. The molecule has 0 radical (unpaired) electrons. The Bertz CT molecular complexity index is 1300. The van der Waals surface area contributed by atoms with Crippen molar-refractivity contribution in [1.29, 1.82) is 0 Å². The van der Waals surface area contributed by atoms with Crippen LogP contribution < -0.4 is 24.3 Å². The van der Waals surface area contributed by atoms with E-state index in [0.717, 1.165) is 10.9 Å². The summed E-state index contributed by atoms with van der Waals surface area (Å²) in [5.74, 6) is 2.09. The van der Waals surface area contributed by atoms with Gasteiger partial charge in [0.15, 0.2) is 11.5 Å². The third-order valence-corrected chi connectivity index (χ3v) is 5.25. The second kappa shape index (κ2) is 9.48. The van der Waals surface area contributed by atoms with Crippen LogP contribution in [0, 0.1) is 0 Å². The first-order chi connectivity index (χ1) is 16.1. The van der Waals surface area contributed by atoms with Crippen molar-refractivity contribution in [2.45, 2.75) is 0 Å². The summed E-state index contributed by atoms with van der Waals surface area (Å²) in [5, 5.41) is 3.69. The normalized spacial score (nSPS) is 10.5. The fourth-order valence-corrected chi connectivity index (χ4v) is 3.58. The number of anilines is 1. The van der Waals surface area contributed by atoms with Gasteiger partial charge < -0.3 is 24.3 Å². The van der Waals surface area contributed by atoms with Crippen LogP contribution in [-0.2, 0) is 0 Å². The highest BCUT2D eigenvalue weighted by atomic mass is 16.5. The van der Waals surface area contributed by atoms with Gasteiger partial charge in [0, 0.05) is 34.8 Å². The number of carbonyl (C=O) groups excluding carboxylic acids is 1. The Morgan fingerprint density at radius 3 is 2.12 bits per heavy atom. The van der Waals surface area contributed by atoms with Gasteiger partial charge in [-0.2, -0.15) is 0 Å². The van der Waals surface area contributed by atoms with E-state index in [4.69, 9.17) is 23.9 Å². The molecule has 1 N–H and O–H groups in total. The van der Waals surface area contributed by atoms with Gasteiger partial charge in [0.25, 0.3) is 5.91 Å². The molecular weight excluding hydrogens is 420 g/mol. The minimum Gasteiger partial charge on any atom is -0.497 e. The Morgan fingerprint density at radius 2 is 1.45 bits per heavy atom. The van der Waals surface area contributed by atoms with E-state index in [2.05, 4.69) is 5.32 Å². The van der Waals surface area contributed by atoms with Crippen molar-refractivity contribution in [2.24, 2.45) is 0 Å². The number of carbonyl (C=O) groups is 1. The van der Waals surface area contributed by atoms with Crippen molar-refractivity contribution < 1.29 is 23.7 Å². The number of aromatic nitrogens is 1. The summed E-state index contributed by atoms with van der Waals surface area (Å²) in [7, 11) is 6.29. The van der Waals surface area contributed by atoms with Crippen LogP contribution in [0.4, 0.5) is 5.69 Å². The van der Waals surface area contributed by atoms with E-state index in [1.54, 1.807) is 52.7 Å². The lowest BCUT2D eigenvalue weighted by Gasteiger charge is -2.13. The monoisotopic (exact) mass is 444 g/mol. The molecule has 0 atom stereocenters. The lowest BCUT2D eigenvalue weighted by atomic mass is 10.0. The molecule has 1 heterocycles. The van der Waals surface area contributed by atoms with Crippen molar-refractivity contribution in [3.8, 4) is 34.3 Å². The minimum atomic E-state index is -0.273. The summed E-state index contributed by atoms with van der Waals surface area (Å²) < 4.78 is 21.4. The zero-order chi connectivity index (χ0) is 23.4. The number of ether oxygens (including phenoxy) is 4. The molecule has 1 aromatic heterocycles. The predicted octanol–water partition coefficient (Wildman–Crippen LogP) is 5.19. The molecule has 7 heteroatoms. The molecule has 0 saturated heterocycles. The van der Waals surface area contributed by atoms with Crippen LogP contribution in [0.2, 0.25) is 0 Å². The number of hydrogen-bond donors (Lipinski definition) is 1. The van der Waals surface area contributed by atoms with Crippen molar-refractivity contribution in [3.63, 3.8) is 0 Å². The third-order valence-electron chi connectivity index (χ3n) is 5.25. The molecule has 1 amide bonds. The highest BCUT2D eigenvalue weighted by molar-refractivity contribution is 6.13. The lowest BCUT2D eigenvalue weighted by molar-refractivity contribution is 0.102. The first-order valence-electron chi connectivity index (χ1n) is 10.2. The second-order valence-corrected chi connectivity index (χ2v) is 7.20. The maximum absolute atomic E-state index is 13.4. The molecule has 0 spiro atoms. The minimum absolute atomic E-state index is 0.273. The second-order valence-electron chi connectivity index (χ2n) is 7.20. The molecular formula is C26H24N2O5. The summed E-state index contributed by atoms with van der Waals surface area (Å²) >= 11 is 0. The van der Waals surface area contributed by atoms with E-state index in [-0.39, 0.29) is 5.91 Å². The number of nitrogens with zero attached hydrogens (tertiary/aromatic N) is 1. The molecule has 168 valence electrons. The molecule has 0 aliphatic heterocycles. The van der Waals surface area contributed by atoms with Gasteiger partial charge >= 0.3 is 0 Å². The van der Waals surface area contributed by atoms with Crippen molar-refractivity contribution in [2.75, 3.05) is 33.8 Å². The average molecular weight is 444 g/mol. The Labute approximate surface area is 191 Å². The Hall–Kier alpha value is -4.26. The van der Waals surface area contributed by atoms with Gasteiger partial charge in [0.1, 0.15) is 11.5 Å². The molecule has 0 aliphatic rings. The molecule has 0 unspecified atom stereocenters. The van der Waals surface area contributed by atoms with Gasteiger partial charge in [-0.25, -0.2) is 4.98 Å². The zero-order valence-corrected chi connectivity index (χ0v) is 18.8. The number of pyridine rings is 1. The topological polar surface area (TPSA) is 78.9 Å². The lowest BCUT2D eigenvalue weighted by Crippen LogP contribution is -2.13. The number of amides is 1. The van der Waals surface area contributed by atoms with E-state index in [9.17, 15) is 4.79 Å². The standard InChI is InChI=1S/C26H24N2O5/c1-30-18-12-17(13-19(14-18)31-2)27-26(29)21-15-23(28-22-8-6-5-7-20(21)22)16-9-10-24(32-3)25(11-16)33-4/h5-15H,1-4H3,(H,27,29). The van der Waals surface area contributed by atoms with Crippen LogP contribution in [0.25, 0.3) is 22.2 Å².